The Balaban J connectivity index is 1.23. The van der Waals surface area contributed by atoms with E-state index in [1.165, 1.54) is 33.3 Å². The van der Waals surface area contributed by atoms with E-state index in [2.05, 4.69) is 21.2 Å². The number of halogens is 1. The van der Waals surface area contributed by atoms with Crippen LogP contribution in [-0.2, 0) is 17.9 Å². The van der Waals surface area contributed by atoms with Crippen LogP contribution < -0.4 is 9.64 Å². The number of rotatable bonds is 8. The van der Waals surface area contributed by atoms with Gasteiger partial charge in [0, 0.05) is 31.2 Å². The molecule has 8 nitrogen and oxygen atoms in total. The standard InChI is InChI=1S/C29H32FN5O3S/c1-19(2)38-24-8-3-5-20(15-24)17-33-13-11-29(12-14-33)27(36)34(18-25-31-32-26(39-25)21-9-10-21)28(37)35(29)23-7-4-6-22(30)16-23/h3-8,15-16,19,21H,9-14,17-18H2,1-2H3. The fraction of sp³-hybridized carbons (Fsp3) is 0.448. The largest absolute Gasteiger partial charge is 0.491 e. The summed E-state index contributed by atoms with van der Waals surface area (Å²) in [6.07, 6.45) is 3.22. The van der Waals surface area contributed by atoms with Crippen molar-refractivity contribution < 1.29 is 18.7 Å². The minimum absolute atomic E-state index is 0.0853. The molecule has 3 aromatic rings. The molecule has 0 radical (unpaired) electrons. The zero-order chi connectivity index (χ0) is 27.1. The zero-order valence-corrected chi connectivity index (χ0v) is 23.0. The molecular formula is C29H32FN5O3S. The Labute approximate surface area is 231 Å². The number of urea groups is 1. The van der Waals surface area contributed by atoms with Crippen LogP contribution in [0.5, 0.6) is 5.75 Å². The molecule has 10 heteroatoms. The Morgan fingerprint density at radius 2 is 1.82 bits per heavy atom. The summed E-state index contributed by atoms with van der Waals surface area (Å²) in [6, 6.07) is 13.6. The summed E-state index contributed by atoms with van der Waals surface area (Å²) in [6.45, 7) is 6.05. The number of amides is 3. The molecule has 3 heterocycles. The third kappa shape index (κ3) is 5.15. The smallest absolute Gasteiger partial charge is 0.332 e. The molecule has 2 aromatic carbocycles. The van der Waals surface area contributed by atoms with Crippen LogP contribution in [0.1, 0.15) is 61.0 Å². The lowest BCUT2D eigenvalue weighted by Gasteiger charge is -2.42. The number of hydrogen-bond acceptors (Lipinski definition) is 7. The molecule has 6 rings (SSSR count). The van der Waals surface area contributed by atoms with Crippen LogP contribution in [-0.4, -0.2) is 56.7 Å². The van der Waals surface area contributed by atoms with Crippen LogP contribution in [0.15, 0.2) is 48.5 Å². The maximum absolute atomic E-state index is 14.3. The summed E-state index contributed by atoms with van der Waals surface area (Å²) in [5, 5.41) is 10.2. The van der Waals surface area contributed by atoms with Gasteiger partial charge in [-0.1, -0.05) is 29.5 Å². The Morgan fingerprint density at radius 1 is 1.05 bits per heavy atom. The number of nitrogens with zero attached hydrogens (tertiary/aromatic N) is 5. The predicted octanol–water partition coefficient (Wildman–Crippen LogP) is 5.35. The van der Waals surface area contributed by atoms with Crippen molar-refractivity contribution in [1.82, 2.24) is 20.0 Å². The molecule has 0 atom stereocenters. The van der Waals surface area contributed by atoms with Crippen LogP contribution in [0, 0.1) is 5.82 Å². The van der Waals surface area contributed by atoms with Crippen molar-refractivity contribution in [2.45, 2.75) is 70.2 Å². The summed E-state index contributed by atoms with van der Waals surface area (Å²) < 4.78 is 20.1. The number of hydrogen-bond donors (Lipinski definition) is 0. The van der Waals surface area contributed by atoms with Gasteiger partial charge in [-0.2, -0.15) is 0 Å². The summed E-state index contributed by atoms with van der Waals surface area (Å²) in [4.78, 5) is 32.9. The quantitative estimate of drug-likeness (QED) is 0.353. The zero-order valence-electron chi connectivity index (χ0n) is 22.2. The van der Waals surface area contributed by atoms with Gasteiger partial charge in [-0.15, -0.1) is 10.2 Å². The van der Waals surface area contributed by atoms with Crippen molar-refractivity contribution in [3.05, 3.63) is 69.9 Å². The number of likely N-dealkylation sites (tertiary alicyclic amines) is 1. The van der Waals surface area contributed by atoms with E-state index in [1.807, 2.05) is 32.0 Å². The van der Waals surface area contributed by atoms with Crippen molar-refractivity contribution in [2.75, 3.05) is 18.0 Å². The number of imide groups is 1. The Hall–Kier alpha value is -3.37. The van der Waals surface area contributed by atoms with Crippen molar-refractivity contribution in [1.29, 1.82) is 0 Å². The van der Waals surface area contributed by atoms with Crippen molar-refractivity contribution >= 4 is 29.0 Å². The second kappa shape index (κ2) is 10.3. The molecule has 3 aliphatic rings. The molecule has 1 aliphatic carbocycles. The minimum Gasteiger partial charge on any atom is -0.491 e. The van der Waals surface area contributed by atoms with Crippen LogP contribution in [0.4, 0.5) is 14.9 Å². The minimum atomic E-state index is -1.06. The first-order valence-corrected chi connectivity index (χ1v) is 14.4. The van der Waals surface area contributed by atoms with Crippen molar-refractivity contribution in [2.24, 2.45) is 0 Å². The van der Waals surface area contributed by atoms with E-state index in [-0.39, 0.29) is 18.6 Å². The molecule has 0 unspecified atom stereocenters. The van der Waals surface area contributed by atoms with Gasteiger partial charge >= 0.3 is 6.03 Å². The van der Waals surface area contributed by atoms with Gasteiger partial charge < -0.3 is 4.74 Å². The third-order valence-corrected chi connectivity index (χ3v) is 8.69. The summed E-state index contributed by atoms with van der Waals surface area (Å²) in [5.41, 5.74) is 0.469. The highest BCUT2D eigenvalue weighted by Crippen LogP contribution is 2.43. The van der Waals surface area contributed by atoms with E-state index in [1.54, 1.807) is 12.1 Å². The molecule has 0 N–H and O–H groups in total. The number of aromatic nitrogens is 2. The molecular weight excluding hydrogens is 517 g/mol. The van der Waals surface area contributed by atoms with Crippen LogP contribution in [0.25, 0.3) is 0 Å². The molecule has 1 spiro atoms. The fourth-order valence-corrected chi connectivity index (χ4v) is 6.58. The fourth-order valence-electron chi connectivity index (χ4n) is 5.58. The van der Waals surface area contributed by atoms with Gasteiger partial charge in [-0.05, 0) is 75.4 Å². The number of benzene rings is 2. The van der Waals surface area contributed by atoms with E-state index in [9.17, 15) is 14.0 Å². The molecule has 2 aliphatic heterocycles. The summed E-state index contributed by atoms with van der Waals surface area (Å²) in [7, 11) is 0. The molecule has 3 amide bonds. The Bertz CT molecular complexity index is 1380. The van der Waals surface area contributed by atoms with Crippen LogP contribution in [0.2, 0.25) is 0 Å². The maximum Gasteiger partial charge on any atom is 0.332 e. The molecule has 3 fully saturated rings. The molecule has 39 heavy (non-hydrogen) atoms. The molecule has 0 bridgehead atoms. The number of carbonyl (C=O) groups excluding carboxylic acids is 2. The van der Waals surface area contributed by atoms with Crippen LogP contribution in [0.3, 0.4) is 0 Å². The first kappa shape index (κ1) is 25.9. The highest BCUT2D eigenvalue weighted by Gasteiger charge is 2.58. The number of ether oxygens (including phenoxy) is 1. The molecule has 2 saturated heterocycles. The Morgan fingerprint density at radius 3 is 2.54 bits per heavy atom. The highest BCUT2D eigenvalue weighted by molar-refractivity contribution is 7.11. The van der Waals surface area contributed by atoms with Gasteiger partial charge in [0.05, 0.1) is 12.6 Å². The topological polar surface area (TPSA) is 78.9 Å². The average Bonchev–Trinajstić information content (AvgIpc) is 3.62. The molecule has 204 valence electrons. The second-order valence-electron chi connectivity index (χ2n) is 10.9. The lowest BCUT2D eigenvalue weighted by Crippen LogP contribution is -2.56. The van der Waals surface area contributed by atoms with Gasteiger partial charge in [0.2, 0.25) is 0 Å². The van der Waals surface area contributed by atoms with Gasteiger partial charge in [-0.25, -0.2) is 9.18 Å². The number of anilines is 1. The Kier molecular flexibility index (Phi) is 6.84. The molecule has 1 saturated carbocycles. The van der Waals surface area contributed by atoms with E-state index in [0.717, 1.165) is 29.2 Å². The van der Waals surface area contributed by atoms with Crippen molar-refractivity contribution in [3.8, 4) is 5.75 Å². The summed E-state index contributed by atoms with van der Waals surface area (Å²) >= 11 is 1.47. The number of carbonyl (C=O) groups is 2. The normalized spacial score (nSPS) is 19.5. The van der Waals surface area contributed by atoms with Gasteiger partial charge in [0.25, 0.3) is 5.91 Å². The van der Waals surface area contributed by atoms with E-state index in [0.29, 0.717) is 49.1 Å². The monoisotopic (exact) mass is 549 g/mol. The van der Waals surface area contributed by atoms with E-state index >= 15 is 0 Å². The lowest BCUT2D eigenvalue weighted by atomic mass is 9.85. The first-order chi connectivity index (χ1) is 18.8. The van der Waals surface area contributed by atoms with Gasteiger partial charge in [-0.3, -0.25) is 19.5 Å². The second-order valence-corrected chi connectivity index (χ2v) is 12.0. The SMILES string of the molecule is CC(C)Oc1cccc(CN2CCC3(CC2)C(=O)N(Cc2nnc(C4CC4)s2)C(=O)N3c2cccc(F)c2)c1. The lowest BCUT2D eigenvalue weighted by molar-refractivity contribution is -0.132. The maximum atomic E-state index is 14.3. The van der Waals surface area contributed by atoms with Gasteiger partial charge in [0.15, 0.2) is 0 Å². The van der Waals surface area contributed by atoms with Crippen molar-refractivity contribution in [3.63, 3.8) is 0 Å². The average molecular weight is 550 g/mol. The van der Waals surface area contributed by atoms with E-state index < -0.39 is 17.4 Å². The molecule has 1 aromatic heterocycles. The number of piperidine rings is 1. The van der Waals surface area contributed by atoms with Gasteiger partial charge in [0.1, 0.15) is 27.1 Å². The predicted molar refractivity (Wildman–Crippen MR) is 146 cm³/mol. The first-order valence-electron chi connectivity index (χ1n) is 13.5. The highest BCUT2D eigenvalue weighted by atomic mass is 32.1. The third-order valence-electron chi connectivity index (χ3n) is 7.62. The summed E-state index contributed by atoms with van der Waals surface area (Å²) in [5.74, 6) is 0.604. The van der Waals surface area contributed by atoms with Crippen LogP contribution >= 0.6 is 11.3 Å². The van der Waals surface area contributed by atoms with E-state index in [4.69, 9.17) is 4.74 Å².